The number of sulfonamides is 1. The third-order valence-corrected chi connectivity index (χ3v) is 8.74. The molecule has 1 aliphatic rings. The Hall–Kier alpha value is -1.33. The van der Waals surface area contributed by atoms with Gasteiger partial charge in [0.05, 0.1) is 14.9 Å². The molecule has 0 spiro atoms. The summed E-state index contributed by atoms with van der Waals surface area (Å²) in [6.07, 6.45) is 1.01. The Balaban J connectivity index is 1.80. The summed E-state index contributed by atoms with van der Waals surface area (Å²) in [7, 11) is -3.79. The van der Waals surface area contributed by atoms with E-state index in [1.54, 1.807) is 6.92 Å². The van der Waals surface area contributed by atoms with E-state index in [1.807, 2.05) is 0 Å². The molecule has 1 atom stereocenters. The molecule has 2 aromatic rings. The van der Waals surface area contributed by atoms with Crippen molar-refractivity contribution in [1.82, 2.24) is 9.29 Å². The van der Waals surface area contributed by atoms with Crippen molar-refractivity contribution in [2.45, 2.75) is 36.9 Å². The number of amides is 1. The second-order valence-electron chi connectivity index (χ2n) is 5.81. The number of nitrogens with zero attached hydrogens (tertiary/aromatic N) is 2. The van der Waals surface area contributed by atoms with E-state index in [1.165, 1.54) is 23.4 Å². The first-order valence-electron chi connectivity index (χ1n) is 7.76. The fraction of sp³-hybridized carbons (Fsp3) is 0.400. The van der Waals surface area contributed by atoms with Gasteiger partial charge in [0.2, 0.25) is 5.91 Å². The average molecular weight is 434 g/mol. The molecule has 140 valence electrons. The standard InChI is InChI=1S/C15H16ClN3O4S3/c1-8-13(9(2)20)25-15(17-8)18-14(21)10-4-3-7-19(10)26(22,23)12-6-5-11(16)24-12/h5-6,10H,3-4,7H2,1-2H3,(H,17,18,21). The average Bonchev–Trinajstić information content (AvgIpc) is 3.26. The van der Waals surface area contributed by atoms with E-state index in [0.717, 1.165) is 22.7 Å². The zero-order valence-electron chi connectivity index (χ0n) is 14.0. The van der Waals surface area contributed by atoms with Crippen molar-refractivity contribution in [1.29, 1.82) is 0 Å². The van der Waals surface area contributed by atoms with Gasteiger partial charge in [-0.25, -0.2) is 13.4 Å². The lowest BCUT2D eigenvalue weighted by molar-refractivity contribution is -0.119. The van der Waals surface area contributed by atoms with Crippen LogP contribution in [0, 0.1) is 6.92 Å². The third-order valence-electron chi connectivity index (χ3n) is 3.96. The summed E-state index contributed by atoms with van der Waals surface area (Å²) in [6.45, 7) is 3.39. The van der Waals surface area contributed by atoms with Gasteiger partial charge in [-0.1, -0.05) is 22.9 Å². The molecule has 1 saturated heterocycles. The van der Waals surface area contributed by atoms with Crippen LogP contribution in [-0.4, -0.2) is 42.0 Å². The van der Waals surface area contributed by atoms with Crippen LogP contribution in [0.2, 0.25) is 4.34 Å². The highest BCUT2D eigenvalue weighted by Gasteiger charge is 2.40. The lowest BCUT2D eigenvalue weighted by atomic mass is 10.2. The number of nitrogens with one attached hydrogen (secondary N) is 1. The topological polar surface area (TPSA) is 96.4 Å². The number of aryl methyl sites for hydroxylation is 1. The molecule has 3 heterocycles. The maximum atomic E-state index is 12.8. The van der Waals surface area contributed by atoms with Crippen LogP contribution in [0.5, 0.6) is 0 Å². The summed E-state index contributed by atoms with van der Waals surface area (Å²) in [5.74, 6) is -0.572. The minimum Gasteiger partial charge on any atom is -0.301 e. The molecule has 0 aromatic carbocycles. The molecular formula is C15H16ClN3O4S3. The number of carbonyl (C=O) groups is 2. The molecule has 1 aliphatic heterocycles. The Labute approximate surface area is 164 Å². The molecule has 1 amide bonds. The van der Waals surface area contributed by atoms with Crippen molar-refractivity contribution in [2.75, 3.05) is 11.9 Å². The normalized spacial score (nSPS) is 18.2. The van der Waals surface area contributed by atoms with Gasteiger partial charge in [0.15, 0.2) is 10.9 Å². The molecular weight excluding hydrogens is 418 g/mol. The van der Waals surface area contributed by atoms with Crippen LogP contribution in [0.25, 0.3) is 0 Å². The Kier molecular flexibility index (Phi) is 5.50. The van der Waals surface area contributed by atoms with Gasteiger partial charge in [-0.05, 0) is 31.9 Å². The van der Waals surface area contributed by atoms with E-state index in [4.69, 9.17) is 11.6 Å². The van der Waals surface area contributed by atoms with E-state index in [0.29, 0.717) is 32.9 Å². The number of aromatic nitrogens is 1. The molecule has 0 radical (unpaired) electrons. The summed E-state index contributed by atoms with van der Waals surface area (Å²) in [5.41, 5.74) is 0.543. The van der Waals surface area contributed by atoms with Crippen LogP contribution in [0.3, 0.4) is 0 Å². The van der Waals surface area contributed by atoms with Gasteiger partial charge in [0, 0.05) is 13.5 Å². The van der Waals surface area contributed by atoms with Crippen molar-refractivity contribution in [3.05, 3.63) is 27.0 Å². The van der Waals surface area contributed by atoms with Gasteiger partial charge in [0.1, 0.15) is 10.3 Å². The van der Waals surface area contributed by atoms with E-state index in [-0.39, 0.29) is 16.5 Å². The lowest BCUT2D eigenvalue weighted by Crippen LogP contribution is -2.42. The Morgan fingerprint density at radius 2 is 2.08 bits per heavy atom. The van der Waals surface area contributed by atoms with Gasteiger partial charge in [0.25, 0.3) is 10.0 Å². The first-order chi connectivity index (χ1) is 12.2. The lowest BCUT2D eigenvalue weighted by Gasteiger charge is -2.22. The quantitative estimate of drug-likeness (QED) is 0.730. The molecule has 11 heteroatoms. The molecule has 3 rings (SSSR count). The first-order valence-corrected chi connectivity index (χ1v) is 11.2. The number of hydrogen-bond donors (Lipinski definition) is 1. The monoisotopic (exact) mass is 433 g/mol. The van der Waals surface area contributed by atoms with Gasteiger partial charge < -0.3 is 5.32 Å². The van der Waals surface area contributed by atoms with E-state index in [2.05, 4.69) is 10.3 Å². The van der Waals surface area contributed by atoms with E-state index < -0.39 is 22.0 Å². The van der Waals surface area contributed by atoms with Crippen molar-refractivity contribution >= 4 is 61.1 Å². The number of thiophene rings is 1. The second-order valence-corrected chi connectivity index (χ2v) is 10.6. The highest BCUT2D eigenvalue weighted by Crippen LogP contribution is 2.33. The summed E-state index contributed by atoms with van der Waals surface area (Å²) >= 11 is 7.90. The molecule has 1 fully saturated rings. The number of rotatable bonds is 5. The minimum absolute atomic E-state index is 0.117. The number of carbonyl (C=O) groups excluding carboxylic acids is 2. The van der Waals surface area contributed by atoms with E-state index >= 15 is 0 Å². The largest absolute Gasteiger partial charge is 0.301 e. The van der Waals surface area contributed by atoms with Gasteiger partial charge >= 0.3 is 0 Å². The zero-order valence-corrected chi connectivity index (χ0v) is 17.2. The maximum absolute atomic E-state index is 12.8. The molecule has 7 nitrogen and oxygen atoms in total. The minimum atomic E-state index is -3.79. The highest BCUT2D eigenvalue weighted by molar-refractivity contribution is 7.91. The predicted octanol–water partition coefficient (Wildman–Crippen LogP) is 3.16. The van der Waals surface area contributed by atoms with Crippen LogP contribution < -0.4 is 5.32 Å². The van der Waals surface area contributed by atoms with Crippen molar-refractivity contribution in [3.8, 4) is 0 Å². The maximum Gasteiger partial charge on any atom is 0.253 e. The summed E-state index contributed by atoms with van der Waals surface area (Å²) in [6, 6.07) is 2.15. The summed E-state index contributed by atoms with van der Waals surface area (Å²) in [5, 5.41) is 2.94. The van der Waals surface area contributed by atoms with Crippen molar-refractivity contribution in [2.24, 2.45) is 0 Å². The smallest absolute Gasteiger partial charge is 0.253 e. The van der Waals surface area contributed by atoms with Crippen LogP contribution >= 0.6 is 34.3 Å². The second kappa shape index (κ2) is 7.35. The number of thiazole rings is 1. The van der Waals surface area contributed by atoms with Crippen molar-refractivity contribution < 1.29 is 18.0 Å². The van der Waals surface area contributed by atoms with Crippen LogP contribution in [0.4, 0.5) is 5.13 Å². The van der Waals surface area contributed by atoms with Gasteiger partial charge in [-0.2, -0.15) is 4.31 Å². The molecule has 0 bridgehead atoms. The van der Waals surface area contributed by atoms with Crippen LogP contribution in [0.15, 0.2) is 16.3 Å². The number of anilines is 1. The van der Waals surface area contributed by atoms with Crippen molar-refractivity contribution in [3.63, 3.8) is 0 Å². The molecule has 0 saturated carbocycles. The molecule has 1 unspecified atom stereocenters. The number of Topliss-reactive ketones (excluding diaryl/α,β-unsaturated/α-hetero) is 1. The fourth-order valence-electron chi connectivity index (χ4n) is 2.81. The SMILES string of the molecule is CC(=O)c1sc(NC(=O)C2CCCN2S(=O)(=O)c2ccc(Cl)s2)nc1C. The summed E-state index contributed by atoms with van der Waals surface area (Å²) < 4.78 is 27.3. The van der Waals surface area contributed by atoms with E-state index in [9.17, 15) is 18.0 Å². The summed E-state index contributed by atoms with van der Waals surface area (Å²) in [4.78, 5) is 28.8. The first kappa shape index (κ1) is 19.4. The molecule has 0 aliphatic carbocycles. The number of halogens is 1. The Morgan fingerprint density at radius 1 is 1.35 bits per heavy atom. The molecule has 2 aromatic heterocycles. The molecule has 26 heavy (non-hydrogen) atoms. The van der Waals surface area contributed by atoms with Gasteiger partial charge in [-0.3, -0.25) is 9.59 Å². The zero-order chi connectivity index (χ0) is 19.1. The van der Waals surface area contributed by atoms with Gasteiger partial charge in [-0.15, -0.1) is 11.3 Å². The number of hydrogen-bond acceptors (Lipinski definition) is 7. The third kappa shape index (κ3) is 3.70. The van der Waals surface area contributed by atoms with Crippen LogP contribution in [-0.2, 0) is 14.8 Å². The molecule has 1 N–H and O–H groups in total. The number of ketones is 1. The Morgan fingerprint density at radius 3 is 2.65 bits per heavy atom. The predicted molar refractivity (Wildman–Crippen MR) is 102 cm³/mol. The Bertz CT molecular complexity index is 967. The van der Waals surface area contributed by atoms with Crippen LogP contribution in [0.1, 0.15) is 35.1 Å². The fourth-order valence-corrected chi connectivity index (χ4v) is 6.94. The highest BCUT2D eigenvalue weighted by atomic mass is 35.5.